The van der Waals surface area contributed by atoms with Crippen LogP contribution in [0, 0.1) is 5.41 Å². The predicted molar refractivity (Wildman–Crippen MR) is 155 cm³/mol. The minimum atomic E-state index is -3.23. The minimum absolute atomic E-state index is 0.0664. The lowest BCUT2D eigenvalue weighted by atomic mass is 9.73. The van der Waals surface area contributed by atoms with Gasteiger partial charge < -0.3 is 20.3 Å². The van der Waals surface area contributed by atoms with Crippen molar-refractivity contribution in [2.45, 2.75) is 51.0 Å². The van der Waals surface area contributed by atoms with Crippen LogP contribution in [0.2, 0.25) is 0 Å². The molecule has 1 aromatic heterocycles. The van der Waals surface area contributed by atoms with Crippen LogP contribution in [0.15, 0.2) is 36.7 Å². The van der Waals surface area contributed by atoms with Crippen LogP contribution >= 0.6 is 0 Å². The fourth-order valence-electron chi connectivity index (χ4n) is 6.25. The smallest absolute Gasteiger partial charge is 0.254 e. The number of amides is 2. The Morgan fingerprint density at radius 3 is 2.76 bits per heavy atom. The van der Waals surface area contributed by atoms with Gasteiger partial charge in [-0.25, -0.2) is 8.42 Å². The lowest BCUT2D eigenvalue weighted by molar-refractivity contribution is -0.134. The number of hydrogen-bond acceptors (Lipinski definition) is 7. The zero-order valence-electron chi connectivity index (χ0n) is 23.9. The molecule has 0 radical (unpaired) electrons. The Morgan fingerprint density at radius 1 is 1.17 bits per heavy atom. The summed E-state index contributed by atoms with van der Waals surface area (Å²) < 4.78 is 32.7. The van der Waals surface area contributed by atoms with Crippen molar-refractivity contribution in [1.29, 1.82) is 0 Å². The third-order valence-corrected chi connectivity index (χ3v) is 10.1. The van der Waals surface area contributed by atoms with E-state index in [-0.39, 0.29) is 23.3 Å². The normalized spacial score (nSPS) is 22.7. The Bertz CT molecular complexity index is 1320. The standard InChI is InChI=1S/C29H42N6O5S/c1-41(38,39)34-15-9-25(22-34)35-21-24(20-32-35)27(36)30-13-18-33-16-11-29(12-17-33)10-5-4-7-23-6-2-3-8-26(23)40-19-14-31-28(29)37/h2-3,6,8,20-21,25H,4-5,7,9-19,22H2,1H3,(H,30,36)(H,31,37). The molecule has 12 heteroatoms. The van der Waals surface area contributed by atoms with Crippen molar-refractivity contribution in [1.82, 2.24) is 29.6 Å². The number of fused-ring (bicyclic) bond motifs is 1. The lowest BCUT2D eigenvalue weighted by Crippen LogP contribution is -2.50. The summed E-state index contributed by atoms with van der Waals surface area (Å²) in [5.74, 6) is 0.869. The van der Waals surface area contributed by atoms with E-state index in [1.807, 2.05) is 12.1 Å². The Labute approximate surface area is 242 Å². The molecule has 2 amide bonds. The van der Waals surface area contributed by atoms with E-state index in [2.05, 4.69) is 32.8 Å². The summed E-state index contributed by atoms with van der Waals surface area (Å²) >= 11 is 0. The molecule has 1 spiro atoms. The number of aryl methyl sites for hydroxylation is 1. The average molecular weight is 587 g/mol. The highest BCUT2D eigenvalue weighted by Crippen LogP contribution is 2.37. The van der Waals surface area contributed by atoms with Crippen molar-refractivity contribution in [2.24, 2.45) is 5.41 Å². The molecule has 224 valence electrons. The Balaban J connectivity index is 1.07. The maximum absolute atomic E-state index is 13.3. The number of likely N-dealkylation sites (tertiary alicyclic amines) is 1. The summed E-state index contributed by atoms with van der Waals surface area (Å²) in [5, 5.41) is 10.4. The van der Waals surface area contributed by atoms with Crippen LogP contribution < -0.4 is 15.4 Å². The topological polar surface area (TPSA) is 126 Å². The van der Waals surface area contributed by atoms with Crippen molar-refractivity contribution in [3.63, 3.8) is 0 Å². The molecule has 1 atom stereocenters. The first kappa shape index (κ1) is 29.5. The van der Waals surface area contributed by atoms with Crippen molar-refractivity contribution in [3.05, 3.63) is 47.8 Å². The van der Waals surface area contributed by atoms with E-state index in [4.69, 9.17) is 4.74 Å². The third kappa shape index (κ3) is 7.28. The molecule has 4 heterocycles. The van der Waals surface area contributed by atoms with Crippen molar-refractivity contribution in [2.75, 3.05) is 58.7 Å². The molecule has 1 unspecified atom stereocenters. The number of rotatable bonds is 6. The Morgan fingerprint density at radius 2 is 1.98 bits per heavy atom. The van der Waals surface area contributed by atoms with Crippen molar-refractivity contribution >= 4 is 21.8 Å². The number of aromatic nitrogens is 2. The molecule has 0 saturated carbocycles. The molecular formula is C29H42N6O5S. The second-order valence-corrected chi connectivity index (χ2v) is 13.6. The fraction of sp³-hybridized carbons (Fsp3) is 0.621. The summed E-state index contributed by atoms with van der Waals surface area (Å²) in [7, 11) is -3.23. The zero-order chi connectivity index (χ0) is 28.9. The highest BCUT2D eigenvalue weighted by molar-refractivity contribution is 7.88. The van der Waals surface area contributed by atoms with E-state index in [9.17, 15) is 18.0 Å². The Hall–Kier alpha value is -2.96. The van der Waals surface area contributed by atoms with Crippen LogP contribution in [-0.2, 0) is 21.2 Å². The second-order valence-electron chi connectivity index (χ2n) is 11.6. The molecule has 2 fully saturated rings. The maximum atomic E-state index is 13.3. The third-order valence-electron chi connectivity index (χ3n) is 8.81. The van der Waals surface area contributed by atoms with Gasteiger partial charge in [-0.05, 0) is 63.2 Å². The summed E-state index contributed by atoms with van der Waals surface area (Å²) in [6.45, 7) is 4.66. The van der Waals surface area contributed by atoms with Gasteiger partial charge >= 0.3 is 0 Å². The number of nitrogens with zero attached hydrogens (tertiary/aromatic N) is 4. The molecule has 3 aliphatic rings. The number of hydrogen-bond donors (Lipinski definition) is 2. The van der Waals surface area contributed by atoms with Gasteiger partial charge in [-0.1, -0.05) is 24.6 Å². The van der Waals surface area contributed by atoms with Crippen LogP contribution in [0.1, 0.15) is 60.5 Å². The van der Waals surface area contributed by atoms with E-state index < -0.39 is 10.0 Å². The first-order valence-electron chi connectivity index (χ1n) is 14.7. The zero-order valence-corrected chi connectivity index (χ0v) is 24.7. The van der Waals surface area contributed by atoms with Gasteiger partial charge in [0.05, 0.1) is 36.0 Å². The molecule has 1 aromatic carbocycles. The Kier molecular flexibility index (Phi) is 9.30. The molecular weight excluding hydrogens is 544 g/mol. The van der Waals surface area contributed by atoms with Gasteiger partial charge in [0.2, 0.25) is 15.9 Å². The molecule has 0 aliphatic carbocycles. The molecule has 11 nitrogen and oxygen atoms in total. The number of para-hydroxylation sites is 1. The highest BCUT2D eigenvalue weighted by atomic mass is 32.2. The number of piperidine rings is 1. The number of ether oxygens (including phenoxy) is 1. The summed E-state index contributed by atoms with van der Waals surface area (Å²) in [4.78, 5) is 28.3. The second kappa shape index (κ2) is 12.9. The van der Waals surface area contributed by atoms with Gasteiger partial charge in [-0.15, -0.1) is 0 Å². The van der Waals surface area contributed by atoms with Gasteiger partial charge in [0, 0.05) is 32.4 Å². The SMILES string of the molecule is CS(=O)(=O)N1CCC(n2cc(C(=O)NCCN3CCC4(CCCCc5ccccc5OCCNC4=O)CC3)cn2)C1. The van der Waals surface area contributed by atoms with Crippen LogP contribution in [0.4, 0.5) is 0 Å². The average Bonchev–Trinajstić information content (AvgIpc) is 3.65. The van der Waals surface area contributed by atoms with Gasteiger partial charge in [0.1, 0.15) is 12.4 Å². The maximum Gasteiger partial charge on any atom is 0.254 e. The molecule has 2 aromatic rings. The van der Waals surface area contributed by atoms with Crippen molar-refractivity contribution < 1.29 is 22.7 Å². The monoisotopic (exact) mass is 586 g/mol. The van der Waals surface area contributed by atoms with E-state index in [0.29, 0.717) is 51.3 Å². The molecule has 2 saturated heterocycles. The number of carbonyl (C=O) groups excluding carboxylic acids is 2. The van der Waals surface area contributed by atoms with E-state index in [1.165, 1.54) is 22.3 Å². The molecule has 2 N–H and O–H groups in total. The van der Waals surface area contributed by atoms with Crippen LogP contribution in [-0.4, -0.2) is 97.9 Å². The van der Waals surface area contributed by atoms with E-state index >= 15 is 0 Å². The first-order chi connectivity index (χ1) is 19.7. The quantitative estimate of drug-likeness (QED) is 0.529. The lowest BCUT2D eigenvalue weighted by Gasteiger charge is -2.41. The number of sulfonamides is 1. The predicted octanol–water partition coefficient (Wildman–Crippen LogP) is 1.82. The molecule has 3 aliphatic heterocycles. The summed E-state index contributed by atoms with van der Waals surface area (Å²) in [6.07, 6.45) is 10.6. The van der Waals surface area contributed by atoms with Crippen LogP contribution in [0.5, 0.6) is 5.75 Å². The highest BCUT2D eigenvalue weighted by Gasteiger charge is 2.40. The van der Waals surface area contributed by atoms with Gasteiger partial charge in [0.15, 0.2) is 0 Å². The molecule has 0 bridgehead atoms. The minimum Gasteiger partial charge on any atom is -0.491 e. The number of nitrogens with one attached hydrogen (secondary N) is 2. The number of carbonyl (C=O) groups is 2. The molecule has 41 heavy (non-hydrogen) atoms. The van der Waals surface area contributed by atoms with Crippen LogP contribution in [0.25, 0.3) is 0 Å². The molecule has 5 rings (SSSR count). The fourth-order valence-corrected chi connectivity index (χ4v) is 7.13. The first-order valence-corrected chi connectivity index (χ1v) is 16.6. The summed E-state index contributed by atoms with van der Waals surface area (Å²) in [5.41, 5.74) is 1.35. The van der Waals surface area contributed by atoms with E-state index in [0.717, 1.165) is 57.4 Å². The summed E-state index contributed by atoms with van der Waals surface area (Å²) in [6, 6.07) is 8.10. The van der Waals surface area contributed by atoms with Crippen molar-refractivity contribution in [3.8, 4) is 5.75 Å². The van der Waals surface area contributed by atoms with E-state index in [1.54, 1.807) is 10.9 Å². The van der Waals surface area contributed by atoms with Gasteiger partial charge in [-0.3, -0.25) is 14.3 Å². The van der Waals surface area contributed by atoms with Crippen LogP contribution in [0.3, 0.4) is 0 Å². The number of benzene rings is 1. The van der Waals surface area contributed by atoms with Gasteiger partial charge in [0.25, 0.3) is 5.91 Å². The van der Waals surface area contributed by atoms with Gasteiger partial charge in [-0.2, -0.15) is 9.40 Å². The largest absolute Gasteiger partial charge is 0.491 e.